The van der Waals surface area contributed by atoms with Gasteiger partial charge in [0, 0.05) is 21.1 Å². The van der Waals surface area contributed by atoms with Crippen molar-refractivity contribution in [3.8, 4) is 0 Å². The van der Waals surface area contributed by atoms with Crippen LogP contribution >= 0.6 is 0 Å². The van der Waals surface area contributed by atoms with Gasteiger partial charge in [-0.25, -0.2) is 0 Å². The number of nitrogens with one attached hydrogen (secondary N) is 1. The van der Waals surface area contributed by atoms with Crippen LogP contribution in [0.4, 0.5) is 0 Å². The Balaban J connectivity index is -0.000000647. The molecule has 11 nitrogen and oxygen atoms in total. The van der Waals surface area contributed by atoms with Gasteiger partial charge in [-0.1, -0.05) is 13.3 Å². The molecule has 0 bridgehead atoms. The highest BCUT2D eigenvalue weighted by atomic mass is 16.3. The Morgan fingerprint density at radius 1 is 0.806 bits per heavy atom. The predicted molar refractivity (Wildman–Crippen MR) is 120 cm³/mol. The highest BCUT2D eigenvalue weighted by molar-refractivity contribution is 5.88. The first-order chi connectivity index (χ1) is 14.5. The highest BCUT2D eigenvalue weighted by Gasteiger charge is 2.19. The average Bonchev–Trinajstić information content (AvgIpc) is 2.72. The first-order valence-electron chi connectivity index (χ1n) is 10.0. The van der Waals surface area contributed by atoms with E-state index in [-0.39, 0.29) is 50.5 Å². The molecule has 11 heteroatoms. The lowest BCUT2D eigenvalue weighted by Crippen LogP contribution is -2.45. The standard InChI is InChI=1S/C13H24N4O4.C5H13N.C2H4O2/c1-14(2)8-11(19)16(4)10-13(21)17(5)9-12(20)15(3)6-7-18;1-3-4-5-6-2;3-1-2-4/h7H,6,8-10H2,1-5H3;6H,3-5H2,1-2H3;1,4H,2H2. The molecule has 0 fully saturated rings. The number of carbonyl (C=O) groups is 5. The van der Waals surface area contributed by atoms with Crippen molar-refractivity contribution in [2.75, 3.05) is 81.6 Å². The minimum atomic E-state index is -0.361. The summed E-state index contributed by atoms with van der Waals surface area (Å²) in [6, 6.07) is 0. The number of carbonyl (C=O) groups excluding carboxylic acids is 5. The summed E-state index contributed by atoms with van der Waals surface area (Å²) in [6.07, 6.45) is 3.64. The zero-order chi connectivity index (χ0) is 24.8. The van der Waals surface area contributed by atoms with Crippen LogP contribution in [-0.4, -0.2) is 137 Å². The van der Waals surface area contributed by atoms with Gasteiger partial charge in [-0.15, -0.1) is 0 Å². The molecule has 0 aromatic rings. The molecule has 0 saturated carbocycles. The number of amides is 3. The number of nitrogens with zero attached hydrogens (tertiary/aromatic N) is 4. The third kappa shape index (κ3) is 22.1. The molecule has 0 aliphatic rings. The van der Waals surface area contributed by atoms with E-state index in [1.54, 1.807) is 19.0 Å². The Bertz CT molecular complexity index is 512. The first-order valence-corrected chi connectivity index (χ1v) is 10.0. The number of aliphatic hydroxyl groups excluding tert-OH is 1. The van der Waals surface area contributed by atoms with E-state index >= 15 is 0 Å². The fourth-order valence-corrected chi connectivity index (χ4v) is 1.78. The van der Waals surface area contributed by atoms with Gasteiger partial charge in [0.25, 0.3) is 0 Å². The maximum absolute atomic E-state index is 11.9. The summed E-state index contributed by atoms with van der Waals surface area (Å²) in [5, 5.41) is 10.6. The lowest BCUT2D eigenvalue weighted by Gasteiger charge is -2.24. The van der Waals surface area contributed by atoms with Crippen molar-refractivity contribution < 1.29 is 29.1 Å². The predicted octanol–water partition coefficient (Wildman–Crippen LogP) is -1.69. The van der Waals surface area contributed by atoms with E-state index in [2.05, 4.69) is 12.2 Å². The molecule has 0 spiro atoms. The largest absolute Gasteiger partial charge is 0.389 e. The molecule has 0 atom stereocenters. The van der Waals surface area contributed by atoms with Gasteiger partial charge in [-0.2, -0.15) is 0 Å². The van der Waals surface area contributed by atoms with Crippen LogP contribution in [0, 0.1) is 0 Å². The summed E-state index contributed by atoms with van der Waals surface area (Å²) < 4.78 is 0. The second-order valence-electron chi connectivity index (χ2n) is 6.98. The number of rotatable bonds is 12. The molecular formula is C20H41N5O6. The van der Waals surface area contributed by atoms with Crippen LogP contribution in [-0.2, 0) is 24.0 Å². The summed E-state index contributed by atoms with van der Waals surface area (Å²) in [6.45, 7) is 2.98. The maximum atomic E-state index is 11.9. The van der Waals surface area contributed by atoms with Crippen molar-refractivity contribution >= 4 is 30.3 Å². The van der Waals surface area contributed by atoms with Crippen molar-refractivity contribution in [2.45, 2.75) is 19.8 Å². The molecular weight excluding hydrogens is 406 g/mol. The van der Waals surface area contributed by atoms with Crippen molar-refractivity contribution in [2.24, 2.45) is 0 Å². The Morgan fingerprint density at radius 2 is 1.23 bits per heavy atom. The third-order valence-electron chi connectivity index (χ3n) is 3.68. The van der Waals surface area contributed by atoms with Crippen LogP contribution in [0.15, 0.2) is 0 Å². The molecule has 0 rings (SSSR count). The highest BCUT2D eigenvalue weighted by Crippen LogP contribution is 1.94. The second-order valence-corrected chi connectivity index (χ2v) is 6.98. The minimum Gasteiger partial charge on any atom is -0.389 e. The molecule has 0 saturated heterocycles. The zero-order valence-electron chi connectivity index (χ0n) is 20.1. The molecule has 0 unspecified atom stereocenters. The van der Waals surface area contributed by atoms with E-state index in [1.807, 2.05) is 7.05 Å². The van der Waals surface area contributed by atoms with Crippen molar-refractivity contribution in [1.29, 1.82) is 0 Å². The van der Waals surface area contributed by atoms with E-state index < -0.39 is 0 Å². The summed E-state index contributed by atoms with van der Waals surface area (Å²) in [5.41, 5.74) is 0. The molecule has 31 heavy (non-hydrogen) atoms. The number of likely N-dealkylation sites (N-methyl/N-ethyl adjacent to an activating group) is 4. The average molecular weight is 448 g/mol. The fraction of sp³-hybridized carbons (Fsp3) is 0.750. The zero-order valence-corrected chi connectivity index (χ0v) is 20.1. The molecule has 2 N–H and O–H groups in total. The van der Waals surface area contributed by atoms with E-state index in [9.17, 15) is 19.2 Å². The molecule has 3 amide bonds. The van der Waals surface area contributed by atoms with Crippen molar-refractivity contribution in [3.05, 3.63) is 0 Å². The van der Waals surface area contributed by atoms with Crippen LogP contribution in [0.2, 0.25) is 0 Å². The lowest BCUT2D eigenvalue weighted by molar-refractivity contribution is -0.142. The van der Waals surface area contributed by atoms with E-state index in [4.69, 9.17) is 9.90 Å². The maximum Gasteiger partial charge on any atom is 0.242 e. The quantitative estimate of drug-likeness (QED) is 0.268. The molecule has 0 aromatic carbocycles. The Hall–Kier alpha value is -2.37. The number of unbranched alkanes of at least 4 members (excludes halogenated alkanes) is 1. The molecule has 182 valence electrons. The summed E-state index contributed by atoms with van der Waals surface area (Å²) in [5.74, 6) is -0.844. The first kappa shape index (κ1) is 33.3. The minimum absolute atomic E-state index is 0.0118. The molecule has 0 aliphatic carbocycles. The molecule has 0 radical (unpaired) electrons. The summed E-state index contributed by atoms with van der Waals surface area (Å²) in [7, 11) is 10.0. The van der Waals surface area contributed by atoms with Gasteiger partial charge in [-0.05, 0) is 34.1 Å². The number of hydrogen-bond donors (Lipinski definition) is 2. The third-order valence-corrected chi connectivity index (χ3v) is 3.68. The Kier molecular flexibility index (Phi) is 24.0. The van der Waals surface area contributed by atoms with Crippen LogP contribution in [0.3, 0.4) is 0 Å². The second kappa shape index (κ2) is 22.3. The van der Waals surface area contributed by atoms with E-state index in [0.29, 0.717) is 12.6 Å². The van der Waals surface area contributed by atoms with Crippen molar-refractivity contribution in [1.82, 2.24) is 24.9 Å². The monoisotopic (exact) mass is 447 g/mol. The van der Waals surface area contributed by atoms with Gasteiger partial charge in [0.2, 0.25) is 17.7 Å². The molecule has 0 aromatic heterocycles. The van der Waals surface area contributed by atoms with Gasteiger partial charge < -0.3 is 39.6 Å². The van der Waals surface area contributed by atoms with Gasteiger partial charge in [0.15, 0.2) is 0 Å². The Labute approximate surface area is 186 Å². The Morgan fingerprint density at radius 3 is 1.52 bits per heavy atom. The molecule has 0 aliphatic heterocycles. The van der Waals surface area contributed by atoms with Crippen LogP contribution in [0.25, 0.3) is 0 Å². The van der Waals surface area contributed by atoms with E-state index in [1.165, 1.54) is 48.7 Å². The smallest absolute Gasteiger partial charge is 0.242 e. The number of aliphatic hydroxyl groups is 1. The number of hydrogen-bond acceptors (Lipinski definition) is 8. The van der Waals surface area contributed by atoms with Gasteiger partial charge in [0.05, 0.1) is 32.8 Å². The SMILES string of the molecule is CCCCNC.CN(C)CC(=O)N(C)CC(=O)N(C)CC(=O)N(C)CC=O.O=CCO. The summed E-state index contributed by atoms with van der Waals surface area (Å²) in [4.78, 5) is 60.1. The van der Waals surface area contributed by atoms with E-state index in [0.717, 1.165) is 6.54 Å². The lowest BCUT2D eigenvalue weighted by atomic mass is 10.3. The van der Waals surface area contributed by atoms with Crippen LogP contribution in [0.5, 0.6) is 0 Å². The van der Waals surface area contributed by atoms with Crippen LogP contribution in [0.1, 0.15) is 19.8 Å². The number of aldehydes is 2. The fourth-order valence-electron chi connectivity index (χ4n) is 1.78. The van der Waals surface area contributed by atoms with Crippen molar-refractivity contribution in [3.63, 3.8) is 0 Å². The normalized spacial score (nSPS) is 9.45. The van der Waals surface area contributed by atoms with Gasteiger partial charge in [-0.3, -0.25) is 14.4 Å². The van der Waals surface area contributed by atoms with Gasteiger partial charge >= 0.3 is 0 Å². The summed E-state index contributed by atoms with van der Waals surface area (Å²) >= 11 is 0. The van der Waals surface area contributed by atoms with Crippen LogP contribution < -0.4 is 5.32 Å². The van der Waals surface area contributed by atoms with Gasteiger partial charge in [0.1, 0.15) is 12.6 Å². The molecule has 0 heterocycles. The topological polar surface area (TPSA) is 131 Å².